The molecule has 5 rings (SSSR count). The van der Waals surface area contributed by atoms with Gasteiger partial charge in [-0.1, -0.05) is 38.0 Å². The quantitative estimate of drug-likeness (QED) is 0.344. The number of hydrogen-bond donors (Lipinski definition) is 1. The van der Waals surface area contributed by atoms with Crippen LogP contribution in [0, 0.1) is 0 Å². The number of ether oxygens (including phenoxy) is 1. The molecule has 0 saturated heterocycles. The maximum absolute atomic E-state index is 13.3. The summed E-state index contributed by atoms with van der Waals surface area (Å²) < 4.78 is 6.82. The number of esters is 1. The number of aliphatic hydroxyl groups is 1. The number of pyridine rings is 2. The monoisotopic (exact) mass is 446 g/mol. The number of carbonyl (C=O) groups excluding carboxylic acids is 2. The summed E-state index contributed by atoms with van der Waals surface area (Å²) in [5.41, 5.74) is 1.13. The summed E-state index contributed by atoms with van der Waals surface area (Å²) in [5.74, 6) is -0.821. The first-order valence-electron chi connectivity index (χ1n) is 11.5. The smallest absolute Gasteiger partial charge is 0.343 e. The van der Waals surface area contributed by atoms with Gasteiger partial charge in [0, 0.05) is 29.4 Å². The fourth-order valence-electron chi connectivity index (χ4n) is 4.84. The van der Waals surface area contributed by atoms with Gasteiger partial charge in [-0.25, -0.2) is 9.78 Å². The number of unbranched alkanes of at least 4 members (excludes halogenated alkanes) is 2. The van der Waals surface area contributed by atoms with Crippen molar-refractivity contribution in [3.05, 3.63) is 63.4 Å². The Bertz CT molecular complexity index is 1340. The van der Waals surface area contributed by atoms with Crippen LogP contribution in [0.4, 0.5) is 0 Å². The Hall–Kier alpha value is -3.32. The van der Waals surface area contributed by atoms with Crippen LogP contribution < -0.4 is 5.56 Å². The summed E-state index contributed by atoms with van der Waals surface area (Å²) >= 11 is 0. The lowest BCUT2D eigenvalue weighted by Crippen LogP contribution is -2.45. The largest absolute Gasteiger partial charge is 0.458 e. The normalized spacial score (nSPS) is 18.5. The maximum atomic E-state index is 13.3. The van der Waals surface area contributed by atoms with Gasteiger partial charge in [-0.2, -0.15) is 0 Å². The second kappa shape index (κ2) is 8.23. The van der Waals surface area contributed by atoms with E-state index in [9.17, 15) is 19.5 Å². The molecule has 7 heteroatoms. The molecule has 1 atom stereocenters. The predicted octanol–water partition coefficient (Wildman–Crippen LogP) is 3.60. The summed E-state index contributed by atoms with van der Waals surface area (Å²) in [6.07, 6.45) is 3.13. The second-order valence-electron chi connectivity index (χ2n) is 8.93. The van der Waals surface area contributed by atoms with Crippen molar-refractivity contribution >= 4 is 22.7 Å². The molecule has 7 nitrogen and oxygen atoms in total. The molecule has 0 aliphatic carbocycles. The number of nitrogens with zero attached hydrogens (tertiary/aromatic N) is 2. The lowest BCUT2D eigenvalue weighted by Gasteiger charge is -2.32. The predicted molar refractivity (Wildman–Crippen MR) is 123 cm³/mol. The van der Waals surface area contributed by atoms with Gasteiger partial charge in [0.2, 0.25) is 0 Å². The Balaban J connectivity index is 1.54. The number of Topliss-reactive ketones (excluding diaryl/α,β-unsaturated/α-hetero) is 1. The van der Waals surface area contributed by atoms with Gasteiger partial charge in [0.15, 0.2) is 5.60 Å². The number of fused-ring (bicyclic) bond motifs is 5. The molecule has 170 valence electrons. The van der Waals surface area contributed by atoms with Crippen LogP contribution in [0.1, 0.15) is 62.1 Å². The van der Waals surface area contributed by atoms with Crippen molar-refractivity contribution in [2.24, 2.45) is 0 Å². The first-order chi connectivity index (χ1) is 15.9. The van der Waals surface area contributed by atoms with Gasteiger partial charge >= 0.3 is 5.97 Å². The van der Waals surface area contributed by atoms with Crippen LogP contribution in [-0.2, 0) is 33.1 Å². The van der Waals surface area contributed by atoms with E-state index in [1.165, 1.54) is 0 Å². The van der Waals surface area contributed by atoms with Crippen LogP contribution in [0.2, 0.25) is 0 Å². The summed E-state index contributed by atoms with van der Waals surface area (Å²) in [4.78, 5) is 43.1. The van der Waals surface area contributed by atoms with E-state index in [-0.39, 0.29) is 41.9 Å². The zero-order valence-corrected chi connectivity index (χ0v) is 18.6. The van der Waals surface area contributed by atoms with Gasteiger partial charge in [0.25, 0.3) is 5.56 Å². The number of benzene rings is 1. The number of aromatic nitrogens is 2. The molecule has 0 amide bonds. The number of carbonyl (C=O) groups is 2. The van der Waals surface area contributed by atoms with E-state index in [2.05, 4.69) is 6.92 Å². The van der Waals surface area contributed by atoms with E-state index in [1.54, 1.807) is 10.6 Å². The summed E-state index contributed by atoms with van der Waals surface area (Å²) in [7, 11) is 0. The Labute approximate surface area is 191 Å². The van der Waals surface area contributed by atoms with E-state index >= 15 is 0 Å². The van der Waals surface area contributed by atoms with Crippen LogP contribution in [0.15, 0.2) is 41.2 Å². The molecule has 0 radical (unpaired) electrons. The van der Waals surface area contributed by atoms with E-state index in [4.69, 9.17) is 9.72 Å². The van der Waals surface area contributed by atoms with Crippen molar-refractivity contribution < 1.29 is 19.4 Å². The van der Waals surface area contributed by atoms with E-state index in [0.717, 1.165) is 35.7 Å². The average Bonchev–Trinajstić information content (AvgIpc) is 3.17. The summed E-state index contributed by atoms with van der Waals surface area (Å²) in [5, 5.41) is 12.4. The lowest BCUT2D eigenvalue weighted by atomic mass is 9.83. The van der Waals surface area contributed by atoms with E-state index < -0.39 is 11.6 Å². The SMILES string of the molecule is CCCCCC(=O)CC[C@@]1(O)C(=O)OCc2c1cc1n(c2=O)Cc2cc3ccccc3nc2-1. The Morgan fingerprint density at radius 2 is 2.00 bits per heavy atom. The molecule has 0 spiro atoms. The van der Waals surface area contributed by atoms with Crippen LogP contribution in [0.5, 0.6) is 0 Å². The van der Waals surface area contributed by atoms with Crippen molar-refractivity contribution in [3.63, 3.8) is 0 Å². The van der Waals surface area contributed by atoms with Gasteiger partial charge in [0.1, 0.15) is 12.4 Å². The zero-order valence-electron chi connectivity index (χ0n) is 18.6. The molecule has 2 aliphatic heterocycles. The third-order valence-corrected chi connectivity index (χ3v) is 6.73. The first kappa shape index (κ1) is 21.5. The van der Waals surface area contributed by atoms with Crippen LogP contribution in [0.3, 0.4) is 0 Å². The average molecular weight is 447 g/mol. The van der Waals surface area contributed by atoms with E-state index in [0.29, 0.717) is 24.4 Å². The molecular formula is C26H26N2O5. The van der Waals surface area contributed by atoms with Crippen molar-refractivity contribution in [3.8, 4) is 11.4 Å². The zero-order chi connectivity index (χ0) is 23.2. The highest BCUT2D eigenvalue weighted by Crippen LogP contribution is 2.39. The van der Waals surface area contributed by atoms with Crippen molar-refractivity contribution in [1.29, 1.82) is 0 Å². The van der Waals surface area contributed by atoms with Crippen LogP contribution >= 0.6 is 0 Å². The van der Waals surface area contributed by atoms with Crippen LogP contribution in [0.25, 0.3) is 22.3 Å². The highest BCUT2D eigenvalue weighted by atomic mass is 16.6. The first-order valence-corrected chi connectivity index (χ1v) is 11.5. The number of hydrogen-bond acceptors (Lipinski definition) is 6. The minimum absolute atomic E-state index is 0.00633. The van der Waals surface area contributed by atoms with Gasteiger partial charge in [-0.15, -0.1) is 0 Å². The van der Waals surface area contributed by atoms with Crippen LogP contribution in [-0.4, -0.2) is 26.4 Å². The Morgan fingerprint density at radius 3 is 2.82 bits per heavy atom. The summed E-state index contributed by atoms with van der Waals surface area (Å²) in [6, 6.07) is 11.4. The Morgan fingerprint density at radius 1 is 1.18 bits per heavy atom. The highest BCUT2D eigenvalue weighted by Gasteiger charge is 2.46. The second-order valence-corrected chi connectivity index (χ2v) is 8.93. The van der Waals surface area contributed by atoms with Crippen molar-refractivity contribution in [2.45, 2.75) is 64.2 Å². The third-order valence-electron chi connectivity index (χ3n) is 6.73. The molecule has 0 fully saturated rings. The minimum Gasteiger partial charge on any atom is -0.458 e. The van der Waals surface area contributed by atoms with Gasteiger partial charge in [0.05, 0.1) is 29.0 Å². The molecule has 2 aromatic heterocycles. The topological polar surface area (TPSA) is 98.5 Å². The molecule has 1 N–H and O–H groups in total. The van der Waals surface area contributed by atoms with Crippen molar-refractivity contribution in [2.75, 3.05) is 0 Å². The number of cyclic esters (lactones) is 1. The number of rotatable bonds is 7. The van der Waals surface area contributed by atoms with Gasteiger partial charge in [-0.05, 0) is 31.0 Å². The molecule has 0 bridgehead atoms. The van der Waals surface area contributed by atoms with Gasteiger partial charge < -0.3 is 14.4 Å². The third kappa shape index (κ3) is 3.56. The molecule has 0 unspecified atom stereocenters. The molecule has 1 aromatic carbocycles. The fourth-order valence-corrected chi connectivity index (χ4v) is 4.84. The molecule has 33 heavy (non-hydrogen) atoms. The molecule has 3 aromatic rings. The number of para-hydroxylation sites is 1. The minimum atomic E-state index is -2.03. The maximum Gasteiger partial charge on any atom is 0.343 e. The molecular weight excluding hydrogens is 420 g/mol. The molecule has 0 saturated carbocycles. The highest BCUT2D eigenvalue weighted by molar-refractivity contribution is 5.87. The standard InChI is InChI=1S/C26H26N2O5/c1-2-3-4-8-18(29)10-11-26(32)20-13-22-23-17(12-16-7-5-6-9-21(16)27-23)14-28(22)24(30)19(20)15-33-25(26)31/h5-7,9,12-13,32H,2-4,8,10-11,14-15H2,1H3/t26-/m0/s1. The van der Waals surface area contributed by atoms with Gasteiger partial charge in [-0.3, -0.25) is 9.59 Å². The Kier molecular flexibility index (Phi) is 5.37. The van der Waals surface area contributed by atoms with E-state index in [1.807, 2.05) is 30.3 Å². The van der Waals surface area contributed by atoms with Crippen molar-refractivity contribution in [1.82, 2.24) is 9.55 Å². The molecule has 2 aliphatic rings. The summed E-state index contributed by atoms with van der Waals surface area (Å²) in [6.45, 7) is 2.25. The lowest BCUT2D eigenvalue weighted by molar-refractivity contribution is -0.173. The number of ketones is 1. The fraction of sp³-hybridized carbons (Fsp3) is 0.385. The molecule has 4 heterocycles.